The van der Waals surface area contributed by atoms with Gasteiger partial charge in [-0.15, -0.1) is 0 Å². The van der Waals surface area contributed by atoms with Crippen LogP contribution in [0.15, 0.2) is 54.6 Å². The maximum atomic E-state index is 12.3. The van der Waals surface area contributed by atoms with Gasteiger partial charge in [0.05, 0.1) is 19.6 Å². The first kappa shape index (κ1) is 20.4. The van der Waals surface area contributed by atoms with Crippen LogP contribution in [0.5, 0.6) is 0 Å². The molecule has 1 aliphatic carbocycles. The molecule has 0 heterocycles. The van der Waals surface area contributed by atoms with Crippen LogP contribution in [-0.2, 0) is 24.5 Å². The highest BCUT2D eigenvalue weighted by molar-refractivity contribution is 5.89. The number of carboxylic acids is 1. The Morgan fingerprint density at radius 1 is 1.26 bits per heavy atom. The van der Waals surface area contributed by atoms with E-state index in [4.69, 9.17) is 15.6 Å². The minimum atomic E-state index is -1.25. The highest BCUT2D eigenvalue weighted by atomic mass is 16.5. The number of aliphatic carboxylic acids is 1. The lowest BCUT2D eigenvalue weighted by atomic mass is 9.71. The molecule has 0 aromatic heterocycles. The fraction of sp³-hybridized carbons (Fsp3) is 0.350. The molecule has 0 bridgehead atoms. The summed E-state index contributed by atoms with van der Waals surface area (Å²) in [6.45, 7) is 0. The summed E-state index contributed by atoms with van der Waals surface area (Å²) in [5.74, 6) is -2.50. The molecule has 0 fully saturated rings. The van der Waals surface area contributed by atoms with Crippen LogP contribution in [0.4, 0.5) is 0 Å². The average Bonchev–Trinajstić information content (AvgIpc) is 2.67. The van der Waals surface area contributed by atoms with E-state index in [1.165, 1.54) is 7.11 Å². The number of ether oxygens (including phenoxy) is 1. The molecule has 144 valence electrons. The van der Waals surface area contributed by atoms with E-state index in [9.17, 15) is 14.4 Å². The number of methoxy groups -OCH3 is 1. The number of carbonyl (C=O) groups excluding carboxylic acids is 2. The Labute approximate surface area is 157 Å². The summed E-state index contributed by atoms with van der Waals surface area (Å²) >= 11 is 0. The number of nitrogens with one attached hydrogen (secondary N) is 1. The molecule has 27 heavy (non-hydrogen) atoms. The number of amides is 1. The van der Waals surface area contributed by atoms with Gasteiger partial charge in [-0.05, 0) is 18.4 Å². The van der Waals surface area contributed by atoms with E-state index in [1.807, 2.05) is 54.6 Å². The number of benzene rings is 1. The van der Waals surface area contributed by atoms with Gasteiger partial charge >= 0.3 is 11.9 Å². The van der Waals surface area contributed by atoms with Crippen molar-refractivity contribution in [3.63, 3.8) is 0 Å². The number of carbonyl (C=O) groups is 3. The van der Waals surface area contributed by atoms with E-state index in [2.05, 4.69) is 5.32 Å². The number of carboxylic acid groups (broad SMARTS) is 1. The highest BCUT2D eigenvalue weighted by Gasteiger charge is 2.37. The minimum absolute atomic E-state index is 0.260. The van der Waals surface area contributed by atoms with E-state index in [0.717, 1.165) is 5.56 Å². The monoisotopic (exact) mass is 372 g/mol. The molecule has 1 aromatic carbocycles. The van der Waals surface area contributed by atoms with Crippen LogP contribution in [0.25, 0.3) is 0 Å². The Hall–Kier alpha value is -2.93. The van der Waals surface area contributed by atoms with Gasteiger partial charge in [-0.2, -0.15) is 0 Å². The third-order valence-corrected chi connectivity index (χ3v) is 4.60. The molecule has 0 saturated carbocycles. The van der Waals surface area contributed by atoms with Crippen molar-refractivity contribution >= 4 is 17.8 Å². The zero-order valence-electron chi connectivity index (χ0n) is 15.1. The normalized spacial score (nSPS) is 20.5. The third-order valence-electron chi connectivity index (χ3n) is 4.60. The predicted molar refractivity (Wildman–Crippen MR) is 99.8 cm³/mol. The van der Waals surface area contributed by atoms with E-state index in [1.54, 1.807) is 0 Å². The first-order chi connectivity index (χ1) is 12.9. The van der Waals surface area contributed by atoms with Crippen molar-refractivity contribution in [2.24, 2.45) is 5.73 Å². The van der Waals surface area contributed by atoms with Gasteiger partial charge in [-0.1, -0.05) is 54.6 Å². The van der Waals surface area contributed by atoms with Crippen LogP contribution in [0, 0.1) is 0 Å². The molecule has 0 spiro atoms. The standard InChI is InChI=1S/C20H24N2O5/c1-27-19(26)16(22-18(25)15(21)12-17(23)24)13-20(10-6-3-7-11-20)14-8-4-2-5-9-14/h2-10,15-16H,11-13,21H2,1H3,(H,22,25)(H,23,24)/t15-,16-,20?/m0/s1. The number of hydrogen-bond donors (Lipinski definition) is 3. The van der Waals surface area contributed by atoms with Gasteiger partial charge in [0.15, 0.2) is 0 Å². The van der Waals surface area contributed by atoms with Gasteiger partial charge in [-0.3, -0.25) is 9.59 Å². The molecular formula is C20H24N2O5. The van der Waals surface area contributed by atoms with Crippen LogP contribution in [0.1, 0.15) is 24.8 Å². The molecule has 1 aromatic rings. The van der Waals surface area contributed by atoms with E-state index in [-0.39, 0.29) is 6.42 Å². The minimum Gasteiger partial charge on any atom is -0.481 e. The van der Waals surface area contributed by atoms with Crippen LogP contribution >= 0.6 is 0 Å². The molecule has 1 unspecified atom stereocenters. The number of esters is 1. The second-order valence-corrected chi connectivity index (χ2v) is 6.51. The van der Waals surface area contributed by atoms with Crippen molar-refractivity contribution in [1.29, 1.82) is 0 Å². The molecule has 0 radical (unpaired) electrons. The Kier molecular flexibility index (Phi) is 6.90. The van der Waals surface area contributed by atoms with Crippen molar-refractivity contribution in [2.45, 2.75) is 36.8 Å². The molecule has 1 aliphatic rings. The quantitative estimate of drug-likeness (QED) is 0.592. The topological polar surface area (TPSA) is 119 Å². The summed E-state index contributed by atoms with van der Waals surface area (Å²) < 4.78 is 4.84. The van der Waals surface area contributed by atoms with Gasteiger partial charge < -0.3 is 20.9 Å². The van der Waals surface area contributed by atoms with Gasteiger partial charge in [-0.25, -0.2) is 4.79 Å². The lowest BCUT2D eigenvalue weighted by Crippen LogP contribution is -2.51. The number of hydrogen-bond acceptors (Lipinski definition) is 5. The maximum Gasteiger partial charge on any atom is 0.328 e. The van der Waals surface area contributed by atoms with E-state index < -0.39 is 41.8 Å². The number of allylic oxidation sites excluding steroid dienone is 4. The Balaban J connectivity index is 2.26. The van der Waals surface area contributed by atoms with Crippen LogP contribution in [0.3, 0.4) is 0 Å². The molecular weight excluding hydrogens is 348 g/mol. The predicted octanol–water partition coefficient (Wildman–Crippen LogP) is 1.29. The van der Waals surface area contributed by atoms with Gasteiger partial charge in [0.1, 0.15) is 6.04 Å². The second kappa shape index (κ2) is 9.14. The van der Waals surface area contributed by atoms with Crippen molar-refractivity contribution in [1.82, 2.24) is 5.32 Å². The van der Waals surface area contributed by atoms with E-state index >= 15 is 0 Å². The molecule has 4 N–H and O–H groups in total. The SMILES string of the molecule is COC(=O)[C@H](CC1(c2ccccc2)C=CC=CC1)NC(=O)[C@@H](N)CC(=O)O. The molecule has 3 atom stereocenters. The van der Waals surface area contributed by atoms with Crippen LogP contribution in [0.2, 0.25) is 0 Å². The third kappa shape index (κ3) is 5.27. The van der Waals surface area contributed by atoms with Gasteiger partial charge in [0.2, 0.25) is 5.91 Å². The molecule has 2 rings (SSSR count). The zero-order valence-corrected chi connectivity index (χ0v) is 15.1. The summed E-state index contributed by atoms with van der Waals surface area (Å²) in [4.78, 5) is 35.3. The number of rotatable bonds is 8. The Bertz CT molecular complexity index is 744. The fourth-order valence-electron chi connectivity index (χ4n) is 3.18. The van der Waals surface area contributed by atoms with Crippen molar-refractivity contribution < 1.29 is 24.2 Å². The van der Waals surface area contributed by atoms with Crippen molar-refractivity contribution in [2.75, 3.05) is 7.11 Å². The van der Waals surface area contributed by atoms with Crippen LogP contribution in [-0.4, -0.2) is 42.1 Å². The Morgan fingerprint density at radius 3 is 2.52 bits per heavy atom. The summed E-state index contributed by atoms with van der Waals surface area (Å²) in [7, 11) is 1.24. The first-order valence-corrected chi connectivity index (χ1v) is 8.63. The molecule has 7 nitrogen and oxygen atoms in total. The van der Waals surface area contributed by atoms with Gasteiger partial charge in [0.25, 0.3) is 0 Å². The number of nitrogens with two attached hydrogens (primary N) is 1. The van der Waals surface area contributed by atoms with Crippen molar-refractivity contribution in [3.05, 3.63) is 60.2 Å². The Morgan fingerprint density at radius 2 is 1.96 bits per heavy atom. The lowest BCUT2D eigenvalue weighted by Gasteiger charge is -2.35. The summed E-state index contributed by atoms with van der Waals surface area (Å²) in [5.41, 5.74) is 6.12. The molecule has 0 aliphatic heterocycles. The zero-order chi connectivity index (χ0) is 19.9. The summed E-state index contributed by atoms with van der Waals surface area (Å²) in [5, 5.41) is 11.4. The van der Waals surface area contributed by atoms with Gasteiger partial charge in [0, 0.05) is 5.41 Å². The van der Waals surface area contributed by atoms with Crippen molar-refractivity contribution in [3.8, 4) is 0 Å². The lowest BCUT2D eigenvalue weighted by molar-refractivity contribution is -0.146. The largest absolute Gasteiger partial charge is 0.481 e. The average molecular weight is 372 g/mol. The highest BCUT2D eigenvalue weighted by Crippen LogP contribution is 2.37. The maximum absolute atomic E-state index is 12.3. The van der Waals surface area contributed by atoms with E-state index in [0.29, 0.717) is 6.42 Å². The van der Waals surface area contributed by atoms with Crippen LogP contribution < -0.4 is 11.1 Å². The molecule has 7 heteroatoms. The fourth-order valence-corrected chi connectivity index (χ4v) is 3.18. The first-order valence-electron chi connectivity index (χ1n) is 8.63. The summed E-state index contributed by atoms with van der Waals surface area (Å²) in [6.07, 6.45) is 8.22. The molecule has 0 saturated heterocycles. The smallest absolute Gasteiger partial charge is 0.328 e. The second-order valence-electron chi connectivity index (χ2n) is 6.51. The summed E-state index contributed by atoms with van der Waals surface area (Å²) in [6, 6.07) is 7.47. The molecule has 1 amide bonds.